The first kappa shape index (κ1) is 37.6. The molecule has 1 rings (SSSR count). The predicted octanol–water partition coefficient (Wildman–Crippen LogP) is 10.4. The molecule has 30 heavy (non-hydrogen) atoms. The van der Waals surface area contributed by atoms with E-state index in [1.165, 1.54) is 81.9 Å². The van der Waals surface area contributed by atoms with Gasteiger partial charge in [-0.15, -0.1) is 11.6 Å². The molecule has 1 aliphatic heterocycles. The second kappa shape index (κ2) is 23.9. The van der Waals surface area contributed by atoms with Gasteiger partial charge in [-0.2, -0.15) is 0 Å². The van der Waals surface area contributed by atoms with Crippen LogP contribution in [0.15, 0.2) is 0 Å². The quantitative estimate of drug-likeness (QED) is 0.176. The van der Waals surface area contributed by atoms with Gasteiger partial charge in [0, 0.05) is 11.8 Å². The number of quaternary nitrogens is 1. The molecule has 1 heterocycles. The van der Waals surface area contributed by atoms with Crippen molar-refractivity contribution in [2.75, 3.05) is 26.7 Å². The highest BCUT2D eigenvalue weighted by Gasteiger charge is 2.28. The van der Waals surface area contributed by atoms with E-state index in [0.717, 1.165) is 12.3 Å². The van der Waals surface area contributed by atoms with Crippen molar-refractivity contribution in [3.8, 4) is 0 Å². The second-order valence-electron chi connectivity index (χ2n) is 11.3. The van der Waals surface area contributed by atoms with E-state index < -0.39 is 0 Å². The van der Waals surface area contributed by atoms with Crippen LogP contribution in [0.4, 0.5) is 0 Å². The van der Waals surface area contributed by atoms with E-state index >= 15 is 0 Å². The Morgan fingerprint density at radius 1 is 0.767 bits per heavy atom. The van der Waals surface area contributed by atoms with E-state index in [4.69, 9.17) is 11.6 Å². The third-order valence-electron chi connectivity index (χ3n) is 4.73. The van der Waals surface area contributed by atoms with Gasteiger partial charge in [0.25, 0.3) is 0 Å². The van der Waals surface area contributed by atoms with Gasteiger partial charge >= 0.3 is 0 Å². The number of rotatable bonds is 10. The van der Waals surface area contributed by atoms with Crippen LogP contribution < -0.4 is 0 Å². The number of alkyl halides is 1. The molecule has 188 valence electrons. The number of unbranched alkanes of at least 4 members (excludes halogenated alkanes) is 4. The molecular weight excluding hydrogens is 386 g/mol. The summed E-state index contributed by atoms with van der Waals surface area (Å²) in [6, 6.07) is 0. The Balaban J connectivity index is -0.000000154. The first-order chi connectivity index (χ1) is 13.3. The number of hydrogen-bond donors (Lipinski definition) is 0. The third kappa shape index (κ3) is 42.4. The van der Waals surface area contributed by atoms with E-state index in [9.17, 15) is 0 Å². The molecule has 0 bridgehead atoms. The van der Waals surface area contributed by atoms with Gasteiger partial charge in [0.1, 0.15) is 0 Å². The molecule has 1 unspecified atom stereocenters. The zero-order valence-corrected chi connectivity index (χ0v) is 23.4. The molecule has 0 radical (unpaired) electrons. The lowest BCUT2D eigenvalue weighted by Crippen LogP contribution is -2.54. The largest absolute Gasteiger partial charge is 0.326 e. The molecule has 1 nitrogen and oxygen atoms in total. The molecule has 2 heteroatoms. The first-order valence-electron chi connectivity index (χ1n) is 12.8. The summed E-state index contributed by atoms with van der Waals surface area (Å²) in [7, 11) is 2.35. The average Bonchev–Trinajstić information content (AvgIpc) is 2.53. The molecule has 0 saturated carbocycles. The van der Waals surface area contributed by atoms with Crippen molar-refractivity contribution in [2.45, 2.75) is 146 Å². The van der Waals surface area contributed by atoms with Crippen molar-refractivity contribution in [3.05, 3.63) is 0 Å². The smallest absolute Gasteiger partial charge is 0.0839 e. The van der Waals surface area contributed by atoms with Crippen LogP contribution in [0, 0.1) is 11.3 Å². The maximum absolute atomic E-state index is 5.58. The summed E-state index contributed by atoms with van der Waals surface area (Å²) in [5.74, 6) is 0.904. The van der Waals surface area contributed by atoms with Crippen LogP contribution >= 0.6 is 11.6 Å². The second-order valence-corrected chi connectivity index (χ2v) is 12.1. The Labute approximate surface area is 200 Å². The third-order valence-corrected chi connectivity index (χ3v) is 4.95. The minimum atomic E-state index is 0. The molecule has 0 aromatic rings. The molecule has 0 aromatic heterocycles. The van der Waals surface area contributed by atoms with Crippen molar-refractivity contribution >= 4 is 11.6 Å². The molecule has 1 atom stereocenters. The van der Waals surface area contributed by atoms with Crippen molar-refractivity contribution in [1.29, 1.82) is 0 Å². The minimum Gasteiger partial charge on any atom is -0.326 e. The van der Waals surface area contributed by atoms with Gasteiger partial charge in [-0.1, -0.05) is 115 Å². The summed E-state index contributed by atoms with van der Waals surface area (Å²) in [4.78, 5) is 0. The molecule has 0 aromatic carbocycles. The Hall–Kier alpha value is 0.250. The Morgan fingerprint density at radius 2 is 1.23 bits per heavy atom. The van der Waals surface area contributed by atoms with Gasteiger partial charge in [0.15, 0.2) is 0 Å². The molecule has 1 saturated heterocycles. The number of hydrogen-bond acceptors (Lipinski definition) is 0. The summed E-state index contributed by atoms with van der Waals surface area (Å²) in [5, 5.41) is 0.370. The fourth-order valence-corrected chi connectivity index (χ4v) is 3.23. The molecular formula is C28H65ClN+. The van der Waals surface area contributed by atoms with Crippen LogP contribution in [0.25, 0.3) is 0 Å². The van der Waals surface area contributed by atoms with Gasteiger partial charge in [-0.25, -0.2) is 0 Å². The lowest BCUT2D eigenvalue weighted by molar-refractivity contribution is -0.946. The van der Waals surface area contributed by atoms with Gasteiger partial charge in [-0.05, 0) is 31.1 Å². The topological polar surface area (TPSA) is 0 Å². The highest BCUT2D eigenvalue weighted by molar-refractivity contribution is 6.20. The van der Waals surface area contributed by atoms with Gasteiger partial charge < -0.3 is 4.48 Å². The molecule has 0 spiro atoms. The SMILES string of the molecule is C.CC(C)(C)C.CCCC(C)Cl.CCCCCCCC(C)C.CCC[N+]1(C)CCC1. The fourth-order valence-electron chi connectivity index (χ4n) is 3.02. The fraction of sp³-hybridized carbons (Fsp3) is 1.00. The van der Waals surface area contributed by atoms with Crippen molar-refractivity contribution < 1.29 is 4.48 Å². The van der Waals surface area contributed by atoms with Gasteiger partial charge in [0.05, 0.1) is 26.7 Å². The Bertz CT molecular complexity index is 294. The predicted molar refractivity (Wildman–Crippen MR) is 146 cm³/mol. The summed E-state index contributed by atoms with van der Waals surface area (Å²) < 4.78 is 1.34. The first-order valence-corrected chi connectivity index (χ1v) is 13.2. The maximum atomic E-state index is 5.58. The molecule has 0 aliphatic carbocycles. The molecule has 1 fully saturated rings. The normalized spacial score (nSPS) is 15.1. The van der Waals surface area contributed by atoms with Crippen LogP contribution in [-0.4, -0.2) is 36.5 Å². The van der Waals surface area contributed by atoms with Gasteiger partial charge in [-0.3, -0.25) is 0 Å². The number of nitrogens with zero attached hydrogens (tertiary/aromatic N) is 1. The molecule has 0 amide bonds. The van der Waals surface area contributed by atoms with Crippen LogP contribution in [0.3, 0.4) is 0 Å². The maximum Gasteiger partial charge on any atom is 0.0839 e. The highest BCUT2D eigenvalue weighted by Crippen LogP contribution is 2.16. The van der Waals surface area contributed by atoms with Crippen LogP contribution in [0.2, 0.25) is 0 Å². The summed E-state index contributed by atoms with van der Waals surface area (Å²) in [6.45, 7) is 26.3. The average molecular weight is 451 g/mol. The van der Waals surface area contributed by atoms with Gasteiger partial charge in [0.2, 0.25) is 0 Å². The molecule has 0 N–H and O–H groups in total. The van der Waals surface area contributed by atoms with Crippen molar-refractivity contribution in [3.63, 3.8) is 0 Å². The molecule has 1 aliphatic rings. The van der Waals surface area contributed by atoms with E-state index in [-0.39, 0.29) is 7.43 Å². The van der Waals surface area contributed by atoms with E-state index in [1.807, 2.05) is 6.92 Å². The highest BCUT2D eigenvalue weighted by atomic mass is 35.5. The Morgan fingerprint density at radius 3 is 1.43 bits per heavy atom. The summed E-state index contributed by atoms with van der Waals surface area (Å²) >= 11 is 5.58. The summed E-state index contributed by atoms with van der Waals surface area (Å²) in [5.41, 5.74) is 0.500. The van der Waals surface area contributed by atoms with E-state index in [0.29, 0.717) is 10.8 Å². The lowest BCUT2D eigenvalue weighted by Gasteiger charge is -2.41. The monoisotopic (exact) mass is 450 g/mol. The zero-order chi connectivity index (χ0) is 23.3. The number of likely N-dealkylation sites (tertiary alicyclic amines) is 1. The van der Waals surface area contributed by atoms with Crippen LogP contribution in [-0.2, 0) is 0 Å². The Kier molecular flexibility index (Phi) is 29.9. The summed E-state index contributed by atoms with van der Waals surface area (Å²) in [6.07, 6.45) is 13.7. The van der Waals surface area contributed by atoms with Crippen LogP contribution in [0.5, 0.6) is 0 Å². The van der Waals surface area contributed by atoms with E-state index in [1.54, 1.807) is 0 Å². The zero-order valence-electron chi connectivity index (χ0n) is 22.7. The van der Waals surface area contributed by atoms with E-state index in [2.05, 4.69) is 69.4 Å². The van der Waals surface area contributed by atoms with Crippen LogP contribution in [0.1, 0.15) is 141 Å². The standard InChI is InChI=1S/C10H22.C7H16N.C5H11Cl.C5H12.CH4/c1-4-5-6-7-8-9-10(2)3;1-3-5-8(2)6-4-7-8;1-3-4-5(2)6;1-5(2,3)4;/h10H,4-9H2,1-3H3;3-7H2,1-2H3;5H,3-4H2,1-2H3;1-4H3;1H4/q;+1;;;. The van der Waals surface area contributed by atoms with Crippen molar-refractivity contribution in [2.24, 2.45) is 11.3 Å². The van der Waals surface area contributed by atoms with Crippen molar-refractivity contribution in [1.82, 2.24) is 0 Å². The minimum absolute atomic E-state index is 0. The number of halogens is 1. The lowest BCUT2D eigenvalue weighted by atomic mass is 10.0.